The van der Waals surface area contributed by atoms with Gasteiger partial charge in [0, 0.05) is 12.7 Å². The molecule has 0 saturated heterocycles. The number of hydrogen-bond acceptors (Lipinski definition) is 5. The largest absolute Gasteiger partial charge is 0.493 e. The number of ether oxygens (including phenoxy) is 3. The van der Waals surface area contributed by atoms with Crippen molar-refractivity contribution < 1.29 is 19.0 Å². The van der Waals surface area contributed by atoms with Crippen molar-refractivity contribution in [3.8, 4) is 11.5 Å². The zero-order chi connectivity index (χ0) is 22.7. The van der Waals surface area contributed by atoms with Gasteiger partial charge >= 0.3 is 5.97 Å². The van der Waals surface area contributed by atoms with E-state index in [4.69, 9.17) is 14.2 Å². The molecule has 0 saturated carbocycles. The average Bonchev–Trinajstić information content (AvgIpc) is 3.14. The number of esters is 1. The molecule has 0 amide bonds. The first kappa shape index (κ1) is 22.8. The molecule has 1 aliphatic heterocycles. The molecule has 0 unspecified atom stereocenters. The maximum atomic E-state index is 12.4. The number of nitrogens with zero attached hydrogens (tertiary/aromatic N) is 1. The minimum Gasteiger partial charge on any atom is -0.493 e. The highest BCUT2D eigenvalue weighted by Gasteiger charge is 2.24. The first-order valence-corrected chi connectivity index (χ1v) is 11.9. The molecule has 4 rings (SSSR count). The van der Waals surface area contributed by atoms with E-state index >= 15 is 0 Å². The highest BCUT2D eigenvalue weighted by molar-refractivity contribution is 14.1. The molecule has 1 aliphatic rings. The Morgan fingerprint density at radius 2 is 1.88 bits per heavy atom. The Labute approximate surface area is 213 Å². The first-order valence-electron chi connectivity index (χ1n) is 9.77. The Bertz CT molecular complexity index is 1250. The third-order valence-electron chi connectivity index (χ3n) is 4.80. The maximum Gasteiger partial charge on any atom is 0.363 e. The lowest BCUT2D eigenvalue weighted by molar-refractivity contribution is -0.129. The number of hydrogen-bond donors (Lipinski definition) is 0. The summed E-state index contributed by atoms with van der Waals surface area (Å²) in [6.45, 7) is 2.44. The fraction of sp³-hybridized carbons (Fsp3) is 0.120. The van der Waals surface area contributed by atoms with Crippen LogP contribution >= 0.6 is 45.2 Å². The summed E-state index contributed by atoms with van der Waals surface area (Å²) in [5, 5.41) is 0. The molecule has 0 spiro atoms. The smallest absolute Gasteiger partial charge is 0.363 e. The van der Waals surface area contributed by atoms with Crippen molar-refractivity contribution in [1.82, 2.24) is 0 Å². The van der Waals surface area contributed by atoms with Crippen LogP contribution in [0.4, 0.5) is 0 Å². The standard InChI is InChI=1S/C25H19I2NO4/c1-15-10-18(7-8-20(15)27)24-28-21(25(29)32-24)12-16-6-9-22(23(13-16)30-2)31-14-17-4-3-5-19(26)11-17/h3-13H,14H2,1-2H3/b21-12-. The van der Waals surface area contributed by atoms with Crippen molar-refractivity contribution in [2.45, 2.75) is 13.5 Å². The molecule has 0 aliphatic carbocycles. The number of carbonyl (C=O) groups excluding carboxylic acids is 1. The van der Waals surface area contributed by atoms with E-state index in [1.165, 1.54) is 0 Å². The van der Waals surface area contributed by atoms with Gasteiger partial charge < -0.3 is 14.2 Å². The van der Waals surface area contributed by atoms with Crippen molar-refractivity contribution in [2.24, 2.45) is 4.99 Å². The van der Waals surface area contributed by atoms with E-state index in [-0.39, 0.29) is 5.70 Å². The summed E-state index contributed by atoms with van der Waals surface area (Å²) in [5.74, 6) is 1.04. The van der Waals surface area contributed by atoms with E-state index in [9.17, 15) is 4.79 Å². The molecule has 162 valence electrons. The van der Waals surface area contributed by atoms with Crippen molar-refractivity contribution in [3.05, 3.63) is 95.8 Å². The lowest BCUT2D eigenvalue weighted by Gasteiger charge is -2.11. The number of benzene rings is 3. The number of cyclic esters (lactones) is 1. The molecule has 32 heavy (non-hydrogen) atoms. The van der Waals surface area contributed by atoms with Gasteiger partial charge in [0.1, 0.15) is 6.61 Å². The summed E-state index contributed by atoms with van der Waals surface area (Å²) >= 11 is 4.54. The quantitative estimate of drug-likeness (QED) is 0.183. The van der Waals surface area contributed by atoms with Gasteiger partial charge in [-0.2, -0.15) is 0 Å². The van der Waals surface area contributed by atoms with Gasteiger partial charge in [-0.3, -0.25) is 0 Å². The van der Waals surface area contributed by atoms with Gasteiger partial charge in [-0.05, 0) is 117 Å². The van der Waals surface area contributed by atoms with Crippen LogP contribution in [0.1, 0.15) is 22.3 Å². The van der Waals surface area contributed by atoms with Crippen LogP contribution in [-0.4, -0.2) is 19.0 Å². The Morgan fingerprint density at radius 1 is 1.03 bits per heavy atom. The van der Waals surface area contributed by atoms with Crippen LogP contribution in [0.3, 0.4) is 0 Å². The van der Waals surface area contributed by atoms with Gasteiger partial charge in [0.2, 0.25) is 5.90 Å². The van der Waals surface area contributed by atoms with E-state index in [0.717, 1.165) is 29.4 Å². The van der Waals surface area contributed by atoms with Crippen LogP contribution < -0.4 is 9.47 Å². The third kappa shape index (κ3) is 5.32. The van der Waals surface area contributed by atoms with Crippen LogP contribution in [0.15, 0.2) is 71.4 Å². The van der Waals surface area contributed by atoms with Crippen LogP contribution in [0, 0.1) is 14.1 Å². The lowest BCUT2D eigenvalue weighted by atomic mass is 10.1. The zero-order valence-electron chi connectivity index (χ0n) is 17.4. The summed E-state index contributed by atoms with van der Waals surface area (Å²) in [7, 11) is 1.59. The SMILES string of the molecule is COc1cc(/C=C2\N=C(c3ccc(I)c(C)c3)OC2=O)ccc1OCc1cccc(I)c1. The van der Waals surface area contributed by atoms with Crippen LogP contribution in [0.5, 0.6) is 11.5 Å². The van der Waals surface area contributed by atoms with Crippen molar-refractivity contribution in [3.63, 3.8) is 0 Å². The molecule has 7 heteroatoms. The van der Waals surface area contributed by atoms with E-state index in [0.29, 0.717) is 24.0 Å². The first-order chi connectivity index (χ1) is 15.4. The van der Waals surface area contributed by atoms with Crippen LogP contribution in [0.2, 0.25) is 0 Å². The number of aryl methyl sites for hydroxylation is 1. The lowest BCUT2D eigenvalue weighted by Crippen LogP contribution is -2.05. The third-order valence-corrected chi connectivity index (χ3v) is 6.68. The molecule has 0 bridgehead atoms. The Morgan fingerprint density at radius 3 is 2.62 bits per heavy atom. The molecular weight excluding hydrogens is 632 g/mol. The van der Waals surface area contributed by atoms with E-state index < -0.39 is 5.97 Å². The number of aliphatic imine (C=N–C) groups is 1. The Hall–Kier alpha value is -2.40. The molecule has 0 N–H and O–H groups in total. The van der Waals surface area contributed by atoms with Gasteiger partial charge in [0.05, 0.1) is 7.11 Å². The predicted octanol–water partition coefficient (Wildman–Crippen LogP) is 6.14. The molecule has 3 aromatic rings. The summed E-state index contributed by atoms with van der Waals surface area (Å²) in [5.41, 5.74) is 3.96. The second kappa shape index (κ2) is 10.0. The van der Waals surface area contributed by atoms with E-state index in [1.807, 2.05) is 61.5 Å². The minimum absolute atomic E-state index is 0.241. The average molecular weight is 651 g/mol. The summed E-state index contributed by atoms with van der Waals surface area (Å²) in [6.07, 6.45) is 1.68. The molecule has 3 aromatic carbocycles. The second-order valence-electron chi connectivity index (χ2n) is 7.13. The van der Waals surface area contributed by atoms with Crippen molar-refractivity contribution in [1.29, 1.82) is 0 Å². The molecule has 0 fully saturated rings. The molecule has 5 nitrogen and oxygen atoms in total. The highest BCUT2D eigenvalue weighted by atomic mass is 127. The molecule has 1 heterocycles. The van der Waals surface area contributed by atoms with Crippen LogP contribution in [0.25, 0.3) is 6.08 Å². The summed E-state index contributed by atoms with van der Waals surface area (Å²) in [6, 6.07) is 19.4. The Kier molecular flexibility index (Phi) is 7.14. The monoisotopic (exact) mass is 651 g/mol. The molecule has 0 radical (unpaired) electrons. The summed E-state index contributed by atoms with van der Waals surface area (Å²) in [4.78, 5) is 16.8. The topological polar surface area (TPSA) is 57.1 Å². The Balaban J connectivity index is 1.54. The maximum absolute atomic E-state index is 12.4. The number of rotatable bonds is 6. The van der Waals surface area contributed by atoms with Gasteiger partial charge in [0.15, 0.2) is 17.2 Å². The van der Waals surface area contributed by atoms with Crippen molar-refractivity contribution in [2.75, 3.05) is 7.11 Å². The van der Waals surface area contributed by atoms with Crippen LogP contribution in [-0.2, 0) is 16.1 Å². The number of halogens is 2. The van der Waals surface area contributed by atoms with E-state index in [2.05, 4.69) is 56.2 Å². The second-order valence-corrected chi connectivity index (χ2v) is 9.54. The van der Waals surface area contributed by atoms with Crippen molar-refractivity contribution >= 4 is 63.1 Å². The fourth-order valence-electron chi connectivity index (χ4n) is 3.15. The summed E-state index contributed by atoms with van der Waals surface area (Å²) < 4.78 is 19.1. The normalized spacial score (nSPS) is 14.3. The van der Waals surface area contributed by atoms with E-state index in [1.54, 1.807) is 13.2 Å². The highest BCUT2D eigenvalue weighted by Crippen LogP contribution is 2.30. The van der Waals surface area contributed by atoms with Gasteiger partial charge in [0.25, 0.3) is 0 Å². The van der Waals surface area contributed by atoms with Gasteiger partial charge in [-0.15, -0.1) is 0 Å². The minimum atomic E-state index is -0.478. The number of carbonyl (C=O) groups is 1. The van der Waals surface area contributed by atoms with Gasteiger partial charge in [-0.1, -0.05) is 18.2 Å². The zero-order valence-corrected chi connectivity index (χ0v) is 21.7. The van der Waals surface area contributed by atoms with Gasteiger partial charge in [-0.25, -0.2) is 9.79 Å². The predicted molar refractivity (Wildman–Crippen MR) is 141 cm³/mol. The fourth-order valence-corrected chi connectivity index (χ4v) is 4.09. The molecule has 0 atom stereocenters. The number of methoxy groups -OCH3 is 1. The molecule has 0 aromatic heterocycles. The molecular formula is C25H19I2NO4.